The van der Waals surface area contributed by atoms with Gasteiger partial charge in [-0.2, -0.15) is 0 Å². The van der Waals surface area contributed by atoms with Crippen LogP contribution in [0, 0.1) is 5.92 Å². The Balaban J connectivity index is 1.85. The molecule has 0 spiro atoms. The van der Waals surface area contributed by atoms with Gasteiger partial charge < -0.3 is 9.30 Å². The summed E-state index contributed by atoms with van der Waals surface area (Å²) >= 11 is 10.2. The second-order valence-electron chi connectivity index (χ2n) is 7.21. The lowest BCUT2D eigenvalue weighted by atomic mass is 9.86. The first-order valence-electron chi connectivity index (χ1n) is 9.45. The van der Waals surface area contributed by atoms with Crippen molar-refractivity contribution in [3.8, 4) is 0 Å². The molecule has 0 unspecified atom stereocenters. The highest BCUT2D eigenvalue weighted by Gasteiger charge is 2.30. The Morgan fingerprint density at radius 1 is 1.07 bits per heavy atom. The Hall–Kier alpha value is -1.95. The van der Waals surface area contributed by atoms with Gasteiger partial charge in [-0.3, -0.25) is 9.97 Å². The molecule has 142 valence electrons. The number of fused-ring (bicyclic) bond motifs is 3. The highest BCUT2D eigenvalue weighted by atomic mass is 79.9. The molecule has 1 aliphatic rings. The van der Waals surface area contributed by atoms with Gasteiger partial charge in [-0.1, -0.05) is 41.9 Å². The fraction of sp³-hybridized carbons (Fsp3) is 0.273. The molecule has 1 aliphatic heterocycles. The molecule has 0 amide bonds. The molecule has 1 saturated heterocycles. The van der Waals surface area contributed by atoms with Gasteiger partial charge in [0.15, 0.2) is 0 Å². The van der Waals surface area contributed by atoms with E-state index in [1.807, 2.05) is 12.4 Å². The monoisotopic (exact) mass is 455 g/mol. The van der Waals surface area contributed by atoms with Gasteiger partial charge in [-0.25, -0.2) is 0 Å². The molecule has 6 heteroatoms. The van der Waals surface area contributed by atoms with Crippen LogP contribution in [-0.4, -0.2) is 27.7 Å². The predicted octanol–water partition coefficient (Wildman–Crippen LogP) is 6.02. The Morgan fingerprint density at radius 2 is 1.86 bits per heavy atom. The molecule has 4 nitrogen and oxygen atoms in total. The number of hydrogen-bond acceptors (Lipinski definition) is 3. The molecule has 4 aromatic rings. The van der Waals surface area contributed by atoms with Gasteiger partial charge in [0.1, 0.15) is 0 Å². The number of rotatable bonds is 3. The molecule has 1 fully saturated rings. The molecule has 4 heterocycles. The van der Waals surface area contributed by atoms with Crippen LogP contribution in [0.2, 0.25) is 5.02 Å². The number of hydrogen-bond donors (Lipinski definition) is 0. The van der Waals surface area contributed by atoms with Crippen molar-refractivity contribution in [2.45, 2.75) is 18.9 Å². The minimum Gasteiger partial charge on any atom is -0.381 e. The fourth-order valence-corrected chi connectivity index (χ4v) is 4.95. The molecular weight excluding hydrogens is 438 g/mol. The lowest BCUT2D eigenvalue weighted by Gasteiger charge is -2.33. The zero-order valence-corrected chi connectivity index (χ0v) is 17.5. The smallest absolute Gasteiger partial charge is 0.0977 e. The highest BCUT2D eigenvalue weighted by Crippen LogP contribution is 2.41. The average Bonchev–Trinajstić information content (AvgIpc) is 3.05. The summed E-state index contributed by atoms with van der Waals surface area (Å²) in [6.45, 7) is 1.60. The Bertz CT molecular complexity index is 1140. The van der Waals surface area contributed by atoms with E-state index in [9.17, 15) is 0 Å². The Kier molecular flexibility index (Phi) is 4.83. The van der Waals surface area contributed by atoms with Crippen molar-refractivity contribution >= 4 is 49.5 Å². The van der Waals surface area contributed by atoms with Crippen LogP contribution in [0.25, 0.3) is 21.9 Å². The minimum absolute atomic E-state index is 0.168. The molecule has 1 aromatic carbocycles. The molecule has 0 N–H and O–H groups in total. The second kappa shape index (κ2) is 7.47. The van der Waals surface area contributed by atoms with Gasteiger partial charge in [0.25, 0.3) is 0 Å². The van der Waals surface area contributed by atoms with Crippen LogP contribution < -0.4 is 0 Å². The van der Waals surface area contributed by atoms with Crippen LogP contribution in [0.15, 0.2) is 59.5 Å². The molecule has 3 aromatic heterocycles. The van der Waals surface area contributed by atoms with E-state index in [0.717, 1.165) is 52.5 Å². The maximum absolute atomic E-state index is 6.58. The summed E-state index contributed by atoms with van der Waals surface area (Å²) in [6, 6.07) is 13.0. The van der Waals surface area contributed by atoms with Crippen LogP contribution in [0.5, 0.6) is 0 Å². The lowest BCUT2D eigenvalue weighted by Crippen LogP contribution is -2.26. The van der Waals surface area contributed by atoms with E-state index >= 15 is 0 Å². The topological polar surface area (TPSA) is 39.9 Å². The van der Waals surface area contributed by atoms with Crippen LogP contribution in [0.3, 0.4) is 0 Å². The van der Waals surface area contributed by atoms with Crippen molar-refractivity contribution in [1.82, 2.24) is 14.5 Å². The van der Waals surface area contributed by atoms with Crippen molar-refractivity contribution in [2.75, 3.05) is 13.2 Å². The van der Waals surface area contributed by atoms with E-state index in [4.69, 9.17) is 21.3 Å². The Morgan fingerprint density at radius 3 is 2.64 bits per heavy atom. The predicted molar refractivity (Wildman–Crippen MR) is 116 cm³/mol. The molecule has 0 aliphatic carbocycles. The van der Waals surface area contributed by atoms with Crippen molar-refractivity contribution in [3.05, 3.63) is 70.0 Å². The summed E-state index contributed by atoms with van der Waals surface area (Å²) in [5, 5.41) is 1.60. The SMILES string of the molecule is Clc1cncc2c1c1ncc(Br)cc1n2[C@H](c1ccccc1)C1CCOCC1. The van der Waals surface area contributed by atoms with Gasteiger partial charge in [0.2, 0.25) is 0 Å². The maximum Gasteiger partial charge on any atom is 0.0977 e. The van der Waals surface area contributed by atoms with Gasteiger partial charge in [-0.05, 0) is 46.3 Å². The van der Waals surface area contributed by atoms with Crippen molar-refractivity contribution in [3.63, 3.8) is 0 Å². The molecule has 28 heavy (non-hydrogen) atoms. The summed E-state index contributed by atoms with van der Waals surface area (Å²) < 4.78 is 8.99. The molecule has 1 atom stereocenters. The number of ether oxygens (including phenoxy) is 1. The zero-order chi connectivity index (χ0) is 19.1. The first kappa shape index (κ1) is 18.1. The van der Waals surface area contributed by atoms with E-state index in [2.05, 4.69) is 61.9 Å². The van der Waals surface area contributed by atoms with Gasteiger partial charge in [0.05, 0.1) is 33.8 Å². The van der Waals surface area contributed by atoms with Crippen LogP contribution in [0.4, 0.5) is 0 Å². The second-order valence-corrected chi connectivity index (χ2v) is 8.53. The van der Waals surface area contributed by atoms with E-state index in [1.54, 1.807) is 6.20 Å². The van der Waals surface area contributed by atoms with Crippen LogP contribution in [-0.2, 0) is 4.74 Å². The van der Waals surface area contributed by atoms with E-state index in [1.165, 1.54) is 5.56 Å². The first-order valence-corrected chi connectivity index (χ1v) is 10.6. The van der Waals surface area contributed by atoms with Crippen molar-refractivity contribution in [1.29, 1.82) is 0 Å². The van der Waals surface area contributed by atoms with Crippen molar-refractivity contribution in [2.24, 2.45) is 5.92 Å². The van der Waals surface area contributed by atoms with Crippen molar-refractivity contribution < 1.29 is 4.74 Å². The fourth-order valence-electron chi connectivity index (χ4n) is 4.39. The largest absolute Gasteiger partial charge is 0.381 e. The Labute approximate surface area is 176 Å². The number of pyridine rings is 2. The summed E-state index contributed by atoms with van der Waals surface area (Å²) in [6.07, 6.45) is 7.48. The summed E-state index contributed by atoms with van der Waals surface area (Å²) in [7, 11) is 0. The molecule has 0 radical (unpaired) electrons. The summed E-state index contributed by atoms with van der Waals surface area (Å²) in [4.78, 5) is 9.10. The van der Waals surface area contributed by atoms with E-state index in [0.29, 0.717) is 10.9 Å². The minimum atomic E-state index is 0.168. The number of nitrogens with zero attached hydrogens (tertiary/aromatic N) is 3. The normalized spacial score (nSPS) is 16.6. The average molecular weight is 457 g/mol. The standard InChI is InChI=1S/C22H19BrClN3O/c23-16-10-18-21(26-11-16)20-17(24)12-25-13-19(20)27(18)22(14-4-2-1-3-5-14)15-6-8-28-9-7-15/h1-5,10-13,15,22H,6-9H2/t22-/m1/s1. The quantitative estimate of drug-likeness (QED) is 0.379. The highest BCUT2D eigenvalue weighted by molar-refractivity contribution is 9.10. The first-order chi connectivity index (χ1) is 13.7. The van der Waals surface area contributed by atoms with E-state index < -0.39 is 0 Å². The molecule has 0 bridgehead atoms. The number of halogens is 2. The van der Waals surface area contributed by atoms with E-state index in [-0.39, 0.29) is 6.04 Å². The molecule has 5 rings (SSSR count). The van der Waals surface area contributed by atoms with Crippen LogP contribution >= 0.6 is 27.5 Å². The van der Waals surface area contributed by atoms with Gasteiger partial charge in [-0.15, -0.1) is 0 Å². The zero-order valence-electron chi connectivity index (χ0n) is 15.2. The van der Waals surface area contributed by atoms with Gasteiger partial charge in [0, 0.05) is 35.5 Å². The maximum atomic E-state index is 6.58. The van der Waals surface area contributed by atoms with Crippen LogP contribution in [0.1, 0.15) is 24.4 Å². The van der Waals surface area contributed by atoms with Gasteiger partial charge >= 0.3 is 0 Å². The summed E-state index contributed by atoms with van der Waals surface area (Å²) in [5.41, 5.74) is 4.29. The third-order valence-electron chi connectivity index (χ3n) is 5.60. The molecule has 0 saturated carbocycles. The number of aromatic nitrogens is 3. The lowest BCUT2D eigenvalue weighted by molar-refractivity contribution is 0.0552. The third kappa shape index (κ3) is 3.02. The number of benzene rings is 1. The third-order valence-corrected chi connectivity index (χ3v) is 6.32. The summed E-state index contributed by atoms with van der Waals surface area (Å²) in [5.74, 6) is 0.466. The molecular formula is C22H19BrClN3O.